The molecule has 2 aromatic heterocycles. The van der Waals surface area contributed by atoms with Crippen molar-refractivity contribution in [2.45, 2.75) is 13.5 Å². The molecule has 0 unspecified atom stereocenters. The van der Waals surface area contributed by atoms with Gasteiger partial charge in [-0.25, -0.2) is 9.97 Å². The Morgan fingerprint density at radius 2 is 1.96 bits per heavy atom. The second kappa shape index (κ2) is 9.05. The maximum absolute atomic E-state index is 10.9. The second-order valence-electron chi connectivity index (χ2n) is 4.71. The Labute approximate surface area is 148 Å². The van der Waals surface area contributed by atoms with E-state index < -0.39 is 10.1 Å². The zero-order valence-corrected chi connectivity index (χ0v) is 15.1. The van der Waals surface area contributed by atoms with E-state index >= 15 is 0 Å². The third kappa shape index (κ3) is 9.34. The quantitative estimate of drug-likeness (QED) is 0.328. The van der Waals surface area contributed by atoms with E-state index in [4.69, 9.17) is 16.0 Å². The molecule has 2 rings (SSSR count). The lowest BCUT2D eigenvalue weighted by atomic mass is 10.2. The molecule has 0 aliphatic rings. The van der Waals surface area contributed by atoms with Gasteiger partial charge in [-0.2, -0.15) is 13.4 Å². The van der Waals surface area contributed by atoms with Gasteiger partial charge in [-0.05, 0) is 12.1 Å². The van der Waals surface area contributed by atoms with Crippen molar-refractivity contribution < 1.29 is 17.8 Å². The van der Waals surface area contributed by atoms with Crippen LogP contribution in [0.4, 0.5) is 5.13 Å². The molecule has 2 aromatic rings. The van der Waals surface area contributed by atoms with Crippen LogP contribution in [0.1, 0.15) is 12.6 Å². The minimum Gasteiger partial charge on any atom is -0.370 e. The summed E-state index contributed by atoms with van der Waals surface area (Å²) in [7, 11) is -3.67. The van der Waals surface area contributed by atoms with Crippen molar-refractivity contribution in [1.82, 2.24) is 15.3 Å². The largest absolute Gasteiger partial charge is 0.370 e. The molecule has 10 nitrogen and oxygen atoms in total. The molecule has 0 aromatic carbocycles. The fraction of sp³-hybridized carbons (Fsp3) is 0.231. The van der Waals surface area contributed by atoms with Gasteiger partial charge in [-0.1, -0.05) is 6.07 Å². The molecular weight excluding hydrogens is 368 g/mol. The van der Waals surface area contributed by atoms with E-state index in [1.54, 1.807) is 0 Å². The van der Waals surface area contributed by atoms with Crippen molar-refractivity contribution in [1.29, 1.82) is 0 Å². The average molecular weight is 386 g/mol. The van der Waals surface area contributed by atoms with E-state index in [2.05, 4.69) is 20.3 Å². The van der Waals surface area contributed by atoms with Gasteiger partial charge in [0.15, 0.2) is 5.96 Å². The Kier molecular flexibility index (Phi) is 7.42. The van der Waals surface area contributed by atoms with Crippen LogP contribution < -0.4 is 16.8 Å². The molecule has 0 fully saturated rings. The fourth-order valence-electron chi connectivity index (χ4n) is 1.48. The van der Waals surface area contributed by atoms with Gasteiger partial charge in [0.25, 0.3) is 10.1 Å². The number of carbonyl (C=O) groups excluding carboxylic acids is 1. The lowest BCUT2D eigenvalue weighted by molar-refractivity contribution is -0.119. The Balaban J connectivity index is 0.000000550. The van der Waals surface area contributed by atoms with Crippen molar-refractivity contribution in [2.75, 3.05) is 6.26 Å². The van der Waals surface area contributed by atoms with Crippen LogP contribution in [-0.4, -0.2) is 41.1 Å². The maximum atomic E-state index is 10.9. The highest BCUT2D eigenvalue weighted by molar-refractivity contribution is 7.85. The highest BCUT2D eigenvalue weighted by Crippen LogP contribution is 2.25. The number of carbonyl (C=O) groups is 1. The fourth-order valence-corrected chi connectivity index (χ4v) is 2.18. The van der Waals surface area contributed by atoms with Crippen LogP contribution in [0.25, 0.3) is 11.4 Å². The molecule has 0 radical (unpaired) electrons. The van der Waals surface area contributed by atoms with Gasteiger partial charge < -0.3 is 16.8 Å². The van der Waals surface area contributed by atoms with Crippen LogP contribution in [0.5, 0.6) is 0 Å². The van der Waals surface area contributed by atoms with Crippen LogP contribution in [0.15, 0.2) is 28.6 Å². The maximum Gasteiger partial charge on any atom is 0.261 e. The van der Waals surface area contributed by atoms with E-state index in [9.17, 15) is 13.2 Å². The molecule has 6 N–H and O–H groups in total. The molecule has 0 spiro atoms. The van der Waals surface area contributed by atoms with Crippen molar-refractivity contribution in [3.8, 4) is 11.4 Å². The first-order chi connectivity index (χ1) is 11.5. The minimum atomic E-state index is -3.67. The highest BCUT2D eigenvalue weighted by Gasteiger charge is 2.06. The van der Waals surface area contributed by atoms with Gasteiger partial charge in [-0.15, -0.1) is 11.3 Å². The summed E-state index contributed by atoms with van der Waals surface area (Å²) in [6, 6.07) is 5.54. The molecule has 0 saturated carbocycles. The number of hydrogen-bond acceptors (Lipinski definition) is 7. The molecule has 12 heteroatoms. The Hall–Kier alpha value is -2.57. The summed E-state index contributed by atoms with van der Waals surface area (Å²) in [5.41, 5.74) is 12.8. The average Bonchev–Trinajstić information content (AvgIpc) is 2.91. The smallest absolute Gasteiger partial charge is 0.261 e. The minimum absolute atomic E-state index is 0.0294. The summed E-state index contributed by atoms with van der Waals surface area (Å²) in [5.74, 6) is -0.126. The van der Waals surface area contributed by atoms with E-state index in [0.717, 1.165) is 5.69 Å². The molecule has 25 heavy (non-hydrogen) atoms. The molecule has 1 amide bonds. The van der Waals surface area contributed by atoms with Crippen LogP contribution in [0, 0.1) is 0 Å². The van der Waals surface area contributed by atoms with E-state index in [1.807, 2.05) is 23.6 Å². The number of guanidine groups is 1. The number of amides is 1. The first-order valence-electron chi connectivity index (χ1n) is 6.73. The summed E-state index contributed by atoms with van der Waals surface area (Å²) in [5, 5.41) is 5.00. The number of aliphatic imine (C=N–C) groups is 1. The van der Waals surface area contributed by atoms with Gasteiger partial charge in [0.2, 0.25) is 11.0 Å². The lowest BCUT2D eigenvalue weighted by Gasteiger charge is -2.03. The monoisotopic (exact) mass is 386 g/mol. The number of nitrogens with two attached hydrogens (primary N) is 2. The van der Waals surface area contributed by atoms with Gasteiger partial charge >= 0.3 is 0 Å². The third-order valence-corrected chi connectivity index (χ3v) is 3.04. The SMILES string of the molecule is CC(=O)NCc1cccc(-c2csc(N=C(N)N)n2)n1.CS(=O)(=O)O. The van der Waals surface area contributed by atoms with Crippen LogP contribution in [0.2, 0.25) is 0 Å². The molecule has 136 valence electrons. The standard InChI is InChI=1S/C12H14N6OS.CH4O3S/c1-7(19)15-5-8-3-2-4-9(16-8)10-6-20-12(17-10)18-11(13)14;1-5(2,3)4/h2-4,6H,5H2,1H3,(H,15,19)(H4,13,14,17,18);1H3,(H,2,3,4). The number of rotatable bonds is 4. The first kappa shape index (κ1) is 20.5. The van der Waals surface area contributed by atoms with Crippen molar-refractivity contribution in [2.24, 2.45) is 16.5 Å². The second-order valence-corrected chi connectivity index (χ2v) is 7.01. The van der Waals surface area contributed by atoms with Gasteiger partial charge in [0, 0.05) is 12.3 Å². The predicted molar refractivity (Wildman–Crippen MR) is 95.8 cm³/mol. The summed E-state index contributed by atoms with van der Waals surface area (Å²) in [6.45, 7) is 1.85. The number of aromatic nitrogens is 2. The van der Waals surface area contributed by atoms with Crippen molar-refractivity contribution in [3.63, 3.8) is 0 Å². The molecule has 0 saturated heterocycles. The molecule has 2 heterocycles. The zero-order chi connectivity index (χ0) is 19.0. The number of nitrogens with zero attached hydrogens (tertiary/aromatic N) is 3. The third-order valence-electron chi connectivity index (χ3n) is 2.30. The zero-order valence-electron chi connectivity index (χ0n) is 13.5. The molecule has 0 atom stereocenters. The van der Waals surface area contributed by atoms with Gasteiger partial charge in [0.1, 0.15) is 5.69 Å². The number of thiazole rings is 1. The van der Waals surface area contributed by atoms with Crippen molar-refractivity contribution in [3.05, 3.63) is 29.3 Å². The highest BCUT2D eigenvalue weighted by atomic mass is 32.2. The van der Waals surface area contributed by atoms with E-state index in [-0.39, 0.29) is 11.9 Å². The van der Waals surface area contributed by atoms with Crippen LogP contribution in [0.3, 0.4) is 0 Å². The topological polar surface area (TPSA) is 174 Å². The van der Waals surface area contributed by atoms with Crippen molar-refractivity contribution >= 4 is 38.5 Å². The Morgan fingerprint density at radius 3 is 2.52 bits per heavy atom. The normalized spacial score (nSPS) is 10.4. The number of nitrogens with one attached hydrogen (secondary N) is 1. The molecule has 0 aliphatic carbocycles. The van der Waals surface area contributed by atoms with Gasteiger partial charge in [-0.3, -0.25) is 9.35 Å². The Morgan fingerprint density at radius 1 is 1.32 bits per heavy atom. The van der Waals surface area contributed by atoms with Gasteiger partial charge in [0.05, 0.1) is 24.2 Å². The first-order valence-corrected chi connectivity index (χ1v) is 9.45. The summed E-state index contributed by atoms with van der Waals surface area (Å²) in [6.07, 6.45) is 0.715. The molecular formula is C13H18N6O4S2. The number of hydrogen-bond donors (Lipinski definition) is 4. The molecule has 0 bridgehead atoms. The van der Waals surface area contributed by atoms with E-state index in [0.29, 0.717) is 29.3 Å². The number of pyridine rings is 1. The lowest BCUT2D eigenvalue weighted by Crippen LogP contribution is -2.21. The Bertz CT molecular complexity index is 851. The van der Waals surface area contributed by atoms with Crippen LogP contribution in [-0.2, 0) is 21.5 Å². The molecule has 0 aliphatic heterocycles. The summed E-state index contributed by atoms with van der Waals surface area (Å²) < 4.78 is 25.9. The van der Waals surface area contributed by atoms with Crippen LogP contribution >= 0.6 is 11.3 Å². The summed E-state index contributed by atoms with van der Waals surface area (Å²) in [4.78, 5) is 23.5. The summed E-state index contributed by atoms with van der Waals surface area (Å²) >= 11 is 1.33. The predicted octanol–water partition coefficient (Wildman–Crippen LogP) is 0.250. The van der Waals surface area contributed by atoms with E-state index in [1.165, 1.54) is 18.3 Å².